The molecular weight excluding hydrogens is 424 g/mol. The first kappa shape index (κ1) is 18.4. The number of hydrogen-bond donors (Lipinski definition) is 1. The van der Waals surface area contributed by atoms with E-state index in [1.54, 1.807) is 24.1 Å². The molecule has 32 heavy (non-hydrogen) atoms. The summed E-state index contributed by atoms with van der Waals surface area (Å²) in [5.74, 6) is -0.0517. The molecule has 0 saturated carbocycles. The normalized spacial score (nSPS) is 14.5. The molecule has 4 rings (SSSR count). The van der Waals surface area contributed by atoms with Gasteiger partial charge in [0.05, 0.1) is 28.9 Å². The predicted octanol–water partition coefficient (Wildman–Crippen LogP) is 3.94. The summed E-state index contributed by atoms with van der Waals surface area (Å²) in [4.78, 5) is 33.7. The van der Waals surface area contributed by atoms with Crippen LogP contribution in [0.3, 0.4) is 0 Å². The summed E-state index contributed by atoms with van der Waals surface area (Å²) in [6.07, 6.45) is 1.19. The molecule has 3 aromatic rings. The standard InChI is InChI=1S/C24H28N4O3S/c1-24(2,3)27(5)23(30)20-16-10-9-14-12-18(31-6)15(22(29)25-4)13-17(14)28(16)21(26-20)19-8-7-11-32-19/h7-8,11-13H,9-10H2,1-6H3,(H,25,29)/i4D3. The number of carbonyl (C=O) groups is 2. The number of ether oxygens (including phenoxy) is 1. The van der Waals surface area contributed by atoms with Crippen LogP contribution >= 0.6 is 11.3 Å². The van der Waals surface area contributed by atoms with Crippen molar-refractivity contribution in [1.29, 1.82) is 0 Å². The zero-order valence-electron chi connectivity index (χ0n) is 21.8. The SMILES string of the molecule is [2H]C([2H])([2H])NC(=O)c1cc2c(cc1OC)CCc1c(C(=O)N(C)C(C)(C)C)nc(-c3cccs3)n1-2. The fourth-order valence-electron chi connectivity index (χ4n) is 3.84. The third-order valence-electron chi connectivity index (χ3n) is 5.86. The predicted molar refractivity (Wildman–Crippen MR) is 126 cm³/mol. The average molecular weight is 456 g/mol. The third kappa shape index (κ3) is 3.58. The number of thiophene rings is 1. The van der Waals surface area contributed by atoms with Gasteiger partial charge >= 0.3 is 0 Å². The molecule has 0 fully saturated rings. The molecule has 1 aliphatic rings. The van der Waals surface area contributed by atoms with E-state index < -0.39 is 18.4 Å². The Bertz CT molecular complexity index is 1290. The fraction of sp³-hybridized carbons (Fsp3) is 0.375. The monoisotopic (exact) mass is 455 g/mol. The molecule has 3 heterocycles. The molecule has 8 heteroatoms. The number of hydrogen-bond acceptors (Lipinski definition) is 5. The molecule has 7 nitrogen and oxygen atoms in total. The Balaban J connectivity index is 1.93. The highest BCUT2D eigenvalue weighted by molar-refractivity contribution is 7.13. The number of rotatable bonds is 4. The van der Waals surface area contributed by atoms with E-state index in [4.69, 9.17) is 13.8 Å². The number of nitrogens with zero attached hydrogens (tertiary/aromatic N) is 3. The maximum Gasteiger partial charge on any atom is 0.274 e. The molecule has 168 valence electrons. The molecule has 1 N–H and O–H groups in total. The number of amides is 2. The molecule has 0 radical (unpaired) electrons. The molecule has 0 saturated heterocycles. The highest BCUT2D eigenvalue weighted by Crippen LogP contribution is 2.38. The topological polar surface area (TPSA) is 76.5 Å². The van der Waals surface area contributed by atoms with E-state index in [0.717, 1.165) is 16.1 Å². The zero-order chi connectivity index (χ0) is 25.7. The van der Waals surface area contributed by atoms with Gasteiger partial charge in [-0.25, -0.2) is 4.98 Å². The Labute approximate surface area is 196 Å². The maximum atomic E-state index is 13.5. The number of aryl methyl sites for hydroxylation is 1. The van der Waals surface area contributed by atoms with E-state index in [9.17, 15) is 9.59 Å². The van der Waals surface area contributed by atoms with Crippen LogP contribution in [0.1, 0.15) is 57.0 Å². The largest absolute Gasteiger partial charge is 0.496 e. The van der Waals surface area contributed by atoms with E-state index in [1.165, 1.54) is 18.4 Å². The molecule has 2 amide bonds. The van der Waals surface area contributed by atoms with E-state index in [2.05, 4.69) is 0 Å². The van der Waals surface area contributed by atoms with Crippen LogP contribution in [0.25, 0.3) is 16.4 Å². The van der Waals surface area contributed by atoms with Gasteiger partial charge in [0.25, 0.3) is 11.8 Å². The highest BCUT2D eigenvalue weighted by Gasteiger charge is 2.33. The molecule has 2 aromatic heterocycles. The number of nitrogens with one attached hydrogen (secondary N) is 1. The van der Waals surface area contributed by atoms with Gasteiger partial charge in [0, 0.05) is 23.7 Å². The molecule has 0 unspecified atom stereocenters. The van der Waals surface area contributed by atoms with Gasteiger partial charge in [-0.15, -0.1) is 11.3 Å². The third-order valence-corrected chi connectivity index (χ3v) is 6.72. The van der Waals surface area contributed by atoms with Gasteiger partial charge in [-0.2, -0.15) is 0 Å². The van der Waals surface area contributed by atoms with Crippen molar-refractivity contribution in [2.45, 2.75) is 39.2 Å². The van der Waals surface area contributed by atoms with Crippen LogP contribution in [-0.2, 0) is 12.8 Å². The number of methoxy groups -OCH3 is 1. The maximum absolute atomic E-state index is 13.5. The van der Waals surface area contributed by atoms with Crippen LogP contribution in [0, 0.1) is 0 Å². The quantitative estimate of drug-likeness (QED) is 0.647. The molecule has 0 aliphatic carbocycles. The summed E-state index contributed by atoms with van der Waals surface area (Å²) in [6.45, 7) is 3.25. The first-order valence-corrected chi connectivity index (χ1v) is 11.2. The summed E-state index contributed by atoms with van der Waals surface area (Å²) < 4.78 is 29.6. The molecule has 0 bridgehead atoms. The Morgan fingerprint density at radius 1 is 1.31 bits per heavy atom. The van der Waals surface area contributed by atoms with Gasteiger partial charge in [0.1, 0.15) is 5.75 Å². The number of carbonyl (C=O) groups excluding carboxylic acids is 2. The van der Waals surface area contributed by atoms with Crippen molar-refractivity contribution in [3.63, 3.8) is 0 Å². The number of benzene rings is 1. The Morgan fingerprint density at radius 2 is 2.09 bits per heavy atom. The molecule has 0 spiro atoms. The molecular formula is C24H28N4O3S. The zero-order valence-corrected chi connectivity index (χ0v) is 19.6. The summed E-state index contributed by atoms with van der Waals surface area (Å²) in [6, 6.07) is 7.23. The van der Waals surface area contributed by atoms with Crippen molar-refractivity contribution < 1.29 is 18.4 Å². The Kier molecular flexibility index (Phi) is 4.66. The van der Waals surface area contributed by atoms with Crippen LogP contribution < -0.4 is 10.1 Å². The Hall–Kier alpha value is -3.13. The van der Waals surface area contributed by atoms with Crippen LogP contribution in [-0.4, -0.2) is 52.9 Å². The minimum atomic E-state index is -2.64. The number of fused-ring (bicyclic) bond motifs is 3. The highest BCUT2D eigenvalue weighted by atomic mass is 32.1. The van der Waals surface area contributed by atoms with Crippen molar-refractivity contribution >= 4 is 23.2 Å². The summed E-state index contributed by atoms with van der Waals surface area (Å²) in [5, 5.41) is 3.97. The lowest BCUT2D eigenvalue weighted by Gasteiger charge is -2.32. The van der Waals surface area contributed by atoms with Gasteiger partial charge < -0.3 is 15.0 Å². The van der Waals surface area contributed by atoms with Crippen molar-refractivity contribution in [2.75, 3.05) is 21.1 Å². The molecule has 1 aliphatic heterocycles. The molecule has 1 aromatic carbocycles. The van der Waals surface area contributed by atoms with Gasteiger partial charge in [-0.1, -0.05) is 6.07 Å². The van der Waals surface area contributed by atoms with Crippen LogP contribution in [0.4, 0.5) is 0 Å². The van der Waals surface area contributed by atoms with Crippen molar-refractivity contribution in [2.24, 2.45) is 0 Å². The van der Waals surface area contributed by atoms with Crippen molar-refractivity contribution in [3.8, 4) is 22.1 Å². The van der Waals surface area contributed by atoms with E-state index in [0.29, 0.717) is 30.0 Å². The molecule has 0 atom stereocenters. The van der Waals surface area contributed by atoms with Crippen LogP contribution in [0.2, 0.25) is 0 Å². The minimum Gasteiger partial charge on any atom is -0.496 e. The first-order chi connectivity index (χ1) is 16.3. The number of imidazole rings is 1. The summed E-state index contributed by atoms with van der Waals surface area (Å²) in [5.41, 5.74) is 2.43. The van der Waals surface area contributed by atoms with Crippen LogP contribution in [0.15, 0.2) is 29.6 Å². The lowest BCUT2D eigenvalue weighted by molar-refractivity contribution is 0.0648. The van der Waals surface area contributed by atoms with Gasteiger partial charge in [0.15, 0.2) is 11.5 Å². The van der Waals surface area contributed by atoms with Crippen LogP contribution in [0.5, 0.6) is 5.75 Å². The summed E-state index contributed by atoms with van der Waals surface area (Å²) >= 11 is 1.50. The fourth-order valence-corrected chi connectivity index (χ4v) is 4.54. The smallest absolute Gasteiger partial charge is 0.274 e. The van der Waals surface area contributed by atoms with E-state index in [-0.39, 0.29) is 17.2 Å². The second-order valence-electron chi connectivity index (χ2n) is 8.71. The lowest BCUT2D eigenvalue weighted by Crippen LogP contribution is -2.43. The minimum absolute atomic E-state index is 0.0979. The lowest BCUT2D eigenvalue weighted by atomic mass is 9.97. The van der Waals surface area contributed by atoms with E-state index in [1.807, 2.05) is 48.2 Å². The van der Waals surface area contributed by atoms with Crippen molar-refractivity contribution in [1.82, 2.24) is 19.8 Å². The van der Waals surface area contributed by atoms with Gasteiger partial charge in [0.2, 0.25) is 0 Å². The van der Waals surface area contributed by atoms with Crippen molar-refractivity contribution in [3.05, 3.63) is 52.2 Å². The average Bonchev–Trinajstić information content (AvgIpc) is 3.43. The second kappa shape index (κ2) is 8.09. The number of aromatic nitrogens is 2. The second-order valence-corrected chi connectivity index (χ2v) is 9.66. The van der Waals surface area contributed by atoms with E-state index >= 15 is 0 Å². The summed E-state index contributed by atoms with van der Waals surface area (Å²) in [7, 11) is 3.20. The Morgan fingerprint density at radius 3 is 2.72 bits per heavy atom. The van der Waals surface area contributed by atoms with Gasteiger partial charge in [-0.05, 0) is 62.8 Å². The van der Waals surface area contributed by atoms with Gasteiger partial charge in [-0.3, -0.25) is 14.2 Å². The first-order valence-electron chi connectivity index (χ1n) is 11.8.